The molecule has 7 atom stereocenters. The Bertz CT molecular complexity index is 977. The van der Waals surface area contributed by atoms with Crippen molar-refractivity contribution in [2.45, 2.75) is 30.6 Å². The molecule has 0 aromatic heterocycles. The zero-order valence-electron chi connectivity index (χ0n) is 14.8. The Morgan fingerprint density at radius 3 is 2.39 bits per heavy atom. The van der Waals surface area contributed by atoms with E-state index >= 15 is 0 Å². The third-order valence-corrected chi connectivity index (χ3v) is 7.69. The number of aliphatic imine (C=N–C) groups is 3. The first-order chi connectivity index (χ1) is 14.2. The van der Waals surface area contributed by atoms with Gasteiger partial charge >= 0.3 is 23.5 Å². The lowest BCUT2D eigenvalue weighted by Crippen LogP contribution is -2.48. The number of fused-ring (bicyclic) bond motifs is 1. The molecule has 0 aromatic rings. The molecule has 0 aliphatic carbocycles. The van der Waals surface area contributed by atoms with Crippen LogP contribution in [0.1, 0.15) is 0 Å². The van der Waals surface area contributed by atoms with Gasteiger partial charge < -0.3 is 34.5 Å². The number of nitrogens with zero attached hydrogens (tertiary/aromatic N) is 4. The van der Waals surface area contributed by atoms with E-state index in [1.807, 2.05) is 0 Å². The molecule has 0 radical (unpaired) electrons. The number of ether oxygens (including phenoxy) is 1. The molecule has 3 heterocycles. The van der Waals surface area contributed by atoms with Crippen LogP contribution in [-0.2, 0) is 36.4 Å². The molecule has 0 spiro atoms. The molecule has 0 aromatic carbocycles. The van der Waals surface area contributed by atoms with Gasteiger partial charge in [-0.05, 0) is 0 Å². The van der Waals surface area contributed by atoms with Gasteiger partial charge in [-0.2, -0.15) is 13.6 Å². The fourth-order valence-corrected chi connectivity index (χ4v) is 5.73. The molecule has 174 valence electrons. The second kappa shape index (κ2) is 8.61. The number of hydrogen-bond acceptors (Lipinski definition) is 13. The van der Waals surface area contributed by atoms with Crippen LogP contribution in [0.15, 0.2) is 15.0 Å². The maximum absolute atomic E-state index is 11.8. The number of carbonyl (C=O) groups excluding carboxylic acids is 1. The van der Waals surface area contributed by atoms with Gasteiger partial charge in [0.05, 0.1) is 12.9 Å². The van der Waals surface area contributed by atoms with Crippen molar-refractivity contribution >= 4 is 47.9 Å². The van der Waals surface area contributed by atoms with E-state index in [1.54, 1.807) is 0 Å². The molecule has 3 unspecified atom stereocenters. The number of carbonyl (C=O) groups is 1. The Morgan fingerprint density at radius 1 is 1.06 bits per heavy atom. The normalized spacial score (nSPS) is 34.4. The van der Waals surface area contributed by atoms with Crippen molar-refractivity contribution in [2.75, 3.05) is 6.61 Å². The fraction of sp³-hybridized carbons (Fsp3) is 0.600. The van der Waals surface area contributed by atoms with Crippen LogP contribution in [0, 0.1) is 0 Å². The summed E-state index contributed by atoms with van der Waals surface area (Å²) in [5, 5.41) is 20.3. The molecule has 1 amide bonds. The van der Waals surface area contributed by atoms with Gasteiger partial charge in [0.1, 0.15) is 30.5 Å². The summed E-state index contributed by atoms with van der Waals surface area (Å²) in [4.78, 5) is 59.5. The van der Waals surface area contributed by atoms with Gasteiger partial charge in [-0.25, -0.2) is 18.7 Å². The minimum Gasteiger partial charge on any atom is -0.387 e. The third-order valence-electron chi connectivity index (χ3n) is 3.89. The first kappa shape index (κ1) is 24.4. The van der Waals surface area contributed by atoms with E-state index in [9.17, 15) is 33.6 Å². The highest BCUT2D eigenvalue weighted by Gasteiger charge is 2.50. The van der Waals surface area contributed by atoms with Crippen LogP contribution >= 0.6 is 23.5 Å². The number of amidine groups is 1. The molecule has 21 heteroatoms. The molecule has 0 saturated carbocycles. The molecule has 1 saturated heterocycles. The van der Waals surface area contributed by atoms with Crippen molar-refractivity contribution in [3.05, 3.63) is 0 Å². The quantitative estimate of drug-likeness (QED) is 0.184. The van der Waals surface area contributed by atoms with Gasteiger partial charge in [0.25, 0.3) is 5.91 Å². The molecule has 3 rings (SSSR count). The lowest BCUT2D eigenvalue weighted by molar-refractivity contribution is -0.117. The van der Waals surface area contributed by atoms with Gasteiger partial charge in [0.15, 0.2) is 12.3 Å². The maximum atomic E-state index is 11.8. The molecular formula is C10H15N4O14P3. The molecule has 1 fully saturated rings. The first-order valence-electron chi connectivity index (χ1n) is 7.95. The standard InChI is InChI=1S/C10H15N4O14P3/c15-6-4(1-25-30(21,22)28-31(23,24)27-29(18,19)20)26-10(7(6)16)14-3-13-5-8(14)11-2-12-9(5)17/h2-7,10,15-16H,1H2,(H,21,22)(H,23,24)(H2,18,19,20)/t4-,5?,6-,7-,10-/m1/s1. The minimum atomic E-state index is -5.72. The molecule has 31 heavy (non-hydrogen) atoms. The van der Waals surface area contributed by atoms with Gasteiger partial charge in [0, 0.05) is 0 Å². The van der Waals surface area contributed by atoms with Crippen LogP contribution in [0.2, 0.25) is 0 Å². The van der Waals surface area contributed by atoms with Crippen molar-refractivity contribution in [1.82, 2.24) is 4.90 Å². The van der Waals surface area contributed by atoms with Crippen LogP contribution in [0.5, 0.6) is 0 Å². The predicted octanol–water partition coefficient (Wildman–Crippen LogP) is -2.54. The molecule has 18 nitrogen and oxygen atoms in total. The van der Waals surface area contributed by atoms with E-state index in [2.05, 4.69) is 28.1 Å². The zero-order chi connectivity index (χ0) is 23.2. The van der Waals surface area contributed by atoms with E-state index in [4.69, 9.17) is 19.4 Å². The number of rotatable bonds is 8. The van der Waals surface area contributed by atoms with E-state index in [-0.39, 0.29) is 5.84 Å². The maximum Gasteiger partial charge on any atom is 0.490 e. The summed E-state index contributed by atoms with van der Waals surface area (Å²) in [6.45, 7) is -0.986. The fourth-order valence-electron chi connectivity index (χ4n) is 2.70. The van der Waals surface area contributed by atoms with E-state index < -0.39 is 66.6 Å². The van der Waals surface area contributed by atoms with Crippen LogP contribution < -0.4 is 0 Å². The molecule has 3 aliphatic rings. The molecule has 3 aliphatic heterocycles. The lowest BCUT2D eigenvalue weighted by atomic mass is 10.1. The van der Waals surface area contributed by atoms with Crippen LogP contribution in [0.3, 0.4) is 0 Å². The van der Waals surface area contributed by atoms with E-state index in [0.29, 0.717) is 0 Å². The summed E-state index contributed by atoms with van der Waals surface area (Å²) in [6, 6.07) is -1.06. The lowest BCUT2D eigenvalue weighted by Gasteiger charge is -2.26. The van der Waals surface area contributed by atoms with Crippen molar-refractivity contribution in [1.29, 1.82) is 0 Å². The Labute approximate surface area is 171 Å². The Morgan fingerprint density at radius 2 is 1.74 bits per heavy atom. The highest BCUT2D eigenvalue weighted by atomic mass is 31.3. The van der Waals surface area contributed by atoms with Crippen molar-refractivity contribution < 1.29 is 66.2 Å². The Balaban J connectivity index is 1.63. The number of hydrogen-bond donors (Lipinski definition) is 6. The van der Waals surface area contributed by atoms with Gasteiger partial charge in [-0.15, -0.1) is 0 Å². The average Bonchev–Trinajstić information content (AvgIpc) is 3.13. The van der Waals surface area contributed by atoms with Crippen LogP contribution in [0.25, 0.3) is 0 Å². The molecule has 6 N–H and O–H groups in total. The number of aliphatic hydroxyl groups excluding tert-OH is 2. The first-order valence-corrected chi connectivity index (χ1v) is 12.5. The summed E-state index contributed by atoms with van der Waals surface area (Å²) in [6.07, 6.45) is -4.13. The summed E-state index contributed by atoms with van der Waals surface area (Å²) in [5.41, 5.74) is 0. The van der Waals surface area contributed by atoms with Gasteiger partial charge in [0.2, 0.25) is 0 Å². The Kier molecular flexibility index (Phi) is 6.78. The van der Waals surface area contributed by atoms with Crippen LogP contribution in [0.4, 0.5) is 0 Å². The highest BCUT2D eigenvalue weighted by molar-refractivity contribution is 7.66. The molecular weight excluding hydrogens is 493 g/mol. The summed E-state index contributed by atoms with van der Waals surface area (Å²) >= 11 is 0. The van der Waals surface area contributed by atoms with Crippen LogP contribution in [-0.4, -0.2) is 96.3 Å². The monoisotopic (exact) mass is 508 g/mol. The second-order valence-electron chi connectivity index (χ2n) is 6.08. The third kappa shape index (κ3) is 5.77. The van der Waals surface area contributed by atoms with Crippen molar-refractivity contribution in [3.63, 3.8) is 0 Å². The number of amides is 1. The smallest absolute Gasteiger partial charge is 0.387 e. The van der Waals surface area contributed by atoms with Gasteiger partial charge in [-0.1, -0.05) is 0 Å². The molecule has 0 bridgehead atoms. The van der Waals surface area contributed by atoms with E-state index in [1.165, 1.54) is 0 Å². The second-order valence-corrected chi connectivity index (χ2v) is 10.5. The summed E-state index contributed by atoms with van der Waals surface area (Å²) in [5.74, 6) is -0.578. The average molecular weight is 508 g/mol. The minimum absolute atomic E-state index is 0.0461. The number of phosphoric ester groups is 1. The summed E-state index contributed by atoms with van der Waals surface area (Å²) < 4.78 is 50.5. The summed E-state index contributed by atoms with van der Waals surface area (Å²) in [7, 11) is -16.7. The van der Waals surface area contributed by atoms with Gasteiger partial charge in [-0.3, -0.25) is 19.2 Å². The van der Waals surface area contributed by atoms with Crippen molar-refractivity contribution in [3.8, 4) is 0 Å². The topological polar surface area (TPSA) is 267 Å². The number of phosphoric acid groups is 3. The zero-order valence-corrected chi connectivity index (χ0v) is 17.5. The predicted molar refractivity (Wildman–Crippen MR) is 95.5 cm³/mol. The SMILES string of the molecule is O=C1N=CN=C2C1N=CN2[C@@H]1O[C@H](COP(=O)(O)OP(=O)(O)OP(=O)(O)O)[C@@H](O)[C@H]1O. The largest absolute Gasteiger partial charge is 0.490 e. The Hall–Kier alpha value is -1.23. The van der Waals surface area contributed by atoms with E-state index in [0.717, 1.165) is 17.6 Å². The highest BCUT2D eigenvalue weighted by Crippen LogP contribution is 2.66. The number of aliphatic hydroxyl groups is 2. The van der Waals surface area contributed by atoms with Crippen molar-refractivity contribution in [2.24, 2.45) is 15.0 Å².